The maximum Gasteiger partial charge on any atom is 0.314 e. The molecule has 0 spiro atoms. The van der Waals surface area contributed by atoms with E-state index in [1.54, 1.807) is 35.8 Å². The third-order valence-corrected chi connectivity index (χ3v) is 4.44. The predicted octanol–water partition coefficient (Wildman–Crippen LogP) is 4.25. The van der Waals surface area contributed by atoms with Gasteiger partial charge in [0.25, 0.3) is 11.4 Å². The van der Waals surface area contributed by atoms with Crippen molar-refractivity contribution in [2.24, 2.45) is 0 Å². The van der Waals surface area contributed by atoms with Crippen LogP contribution in [-0.4, -0.2) is 19.7 Å². The molecule has 0 aliphatic carbocycles. The minimum atomic E-state index is -2.81. The molecule has 0 bridgehead atoms. The van der Waals surface area contributed by atoms with Gasteiger partial charge in [-0.2, -0.15) is 8.78 Å². The molecular weight excluding hydrogens is 378 g/mol. The Kier molecular flexibility index (Phi) is 4.99. The molecule has 4 rings (SSSR count). The molecule has 146 valence electrons. The first-order chi connectivity index (χ1) is 14.0. The molecule has 0 amide bonds. The second-order valence-electron chi connectivity index (χ2n) is 6.42. The van der Waals surface area contributed by atoms with Crippen molar-refractivity contribution < 1.29 is 13.2 Å². The predicted molar refractivity (Wildman–Crippen MR) is 102 cm³/mol. The van der Waals surface area contributed by atoms with E-state index in [4.69, 9.17) is 4.42 Å². The largest absolute Gasteiger partial charge is 0.415 e. The molecule has 0 fully saturated rings. The van der Waals surface area contributed by atoms with Crippen molar-refractivity contribution in [3.8, 4) is 22.7 Å². The third-order valence-electron chi connectivity index (χ3n) is 4.44. The van der Waals surface area contributed by atoms with Crippen molar-refractivity contribution >= 4 is 0 Å². The summed E-state index contributed by atoms with van der Waals surface area (Å²) in [6.45, 7) is 2.12. The summed E-state index contributed by atoms with van der Waals surface area (Å²) in [5.74, 6) is -0.0937. The molecule has 8 heteroatoms. The van der Waals surface area contributed by atoms with Crippen LogP contribution in [0.1, 0.15) is 23.7 Å². The van der Waals surface area contributed by atoms with Gasteiger partial charge >= 0.3 is 6.43 Å². The first kappa shape index (κ1) is 18.7. The molecule has 4 aromatic rings. The van der Waals surface area contributed by atoms with Gasteiger partial charge in [0.05, 0.1) is 12.2 Å². The molecule has 0 N–H and O–H groups in total. The van der Waals surface area contributed by atoms with E-state index in [0.717, 1.165) is 11.1 Å². The van der Waals surface area contributed by atoms with E-state index >= 15 is 0 Å². The Bertz CT molecular complexity index is 1190. The van der Waals surface area contributed by atoms with E-state index in [-0.39, 0.29) is 11.4 Å². The maximum absolute atomic E-state index is 12.6. The summed E-state index contributed by atoms with van der Waals surface area (Å²) in [6, 6.07) is 17.9. The molecule has 0 saturated carbocycles. The zero-order valence-electron chi connectivity index (χ0n) is 15.4. The number of hydrogen-bond acceptors (Lipinski definition) is 5. The Morgan fingerprint density at radius 1 is 1.00 bits per heavy atom. The van der Waals surface area contributed by atoms with Crippen LogP contribution in [0.3, 0.4) is 0 Å². The van der Waals surface area contributed by atoms with Crippen molar-refractivity contribution in [1.82, 2.24) is 19.7 Å². The maximum atomic E-state index is 12.6. The highest BCUT2D eigenvalue weighted by molar-refractivity contribution is 5.58. The van der Waals surface area contributed by atoms with Gasteiger partial charge in [0.15, 0.2) is 0 Å². The lowest BCUT2D eigenvalue weighted by Crippen LogP contribution is -2.23. The lowest BCUT2D eigenvalue weighted by Gasteiger charge is -2.11. The summed E-state index contributed by atoms with van der Waals surface area (Å²) >= 11 is 0. The van der Waals surface area contributed by atoms with Crippen molar-refractivity contribution in [3.05, 3.63) is 88.3 Å². The topological polar surface area (TPSA) is 73.8 Å². The van der Waals surface area contributed by atoms with E-state index in [0.29, 0.717) is 23.6 Å². The fourth-order valence-corrected chi connectivity index (χ4v) is 2.95. The molecule has 29 heavy (non-hydrogen) atoms. The molecule has 0 saturated heterocycles. The molecule has 2 aromatic heterocycles. The normalized spacial score (nSPS) is 11.2. The number of aromatic nitrogens is 4. The molecule has 2 heterocycles. The molecule has 0 unspecified atom stereocenters. The number of aryl methyl sites for hydroxylation is 1. The molecule has 6 nitrogen and oxygen atoms in total. The lowest BCUT2D eigenvalue weighted by molar-refractivity contribution is 0.116. The summed E-state index contributed by atoms with van der Waals surface area (Å²) in [5, 5.41) is 6.94. The van der Waals surface area contributed by atoms with Crippen LogP contribution in [0.15, 0.2) is 69.9 Å². The van der Waals surface area contributed by atoms with E-state index in [1.165, 1.54) is 6.07 Å². The van der Waals surface area contributed by atoms with Crippen LogP contribution in [-0.2, 0) is 6.54 Å². The number of alkyl halides is 2. The number of benzene rings is 2. The summed E-state index contributed by atoms with van der Waals surface area (Å²) < 4.78 is 31.7. The van der Waals surface area contributed by atoms with Gasteiger partial charge in [-0.25, -0.2) is 4.98 Å². The molecule has 0 atom stereocenters. The van der Waals surface area contributed by atoms with Crippen LogP contribution in [0, 0.1) is 6.92 Å². The van der Waals surface area contributed by atoms with Gasteiger partial charge < -0.3 is 4.42 Å². The van der Waals surface area contributed by atoms with Gasteiger partial charge in [-0.05, 0) is 24.6 Å². The van der Waals surface area contributed by atoms with Gasteiger partial charge in [0.2, 0.25) is 5.89 Å². The van der Waals surface area contributed by atoms with Gasteiger partial charge in [0, 0.05) is 17.2 Å². The minimum Gasteiger partial charge on any atom is -0.415 e. The number of nitrogens with zero attached hydrogens (tertiary/aromatic N) is 4. The van der Waals surface area contributed by atoms with E-state index in [1.807, 2.05) is 30.3 Å². The first-order valence-corrected chi connectivity index (χ1v) is 8.86. The fraction of sp³-hybridized carbons (Fsp3) is 0.143. The second kappa shape index (κ2) is 7.75. The second-order valence-corrected chi connectivity index (χ2v) is 6.42. The minimum absolute atomic E-state index is 0.0223. The number of rotatable bonds is 5. The highest BCUT2D eigenvalue weighted by atomic mass is 19.3. The average Bonchev–Trinajstić information content (AvgIpc) is 3.22. The number of halogens is 2. The van der Waals surface area contributed by atoms with Crippen molar-refractivity contribution in [2.75, 3.05) is 0 Å². The molecule has 0 aliphatic rings. The van der Waals surface area contributed by atoms with Gasteiger partial charge in [-0.1, -0.05) is 42.5 Å². The lowest BCUT2D eigenvalue weighted by atomic mass is 10.1. The third kappa shape index (κ3) is 3.96. The average molecular weight is 394 g/mol. The summed E-state index contributed by atoms with van der Waals surface area (Å²) in [5.41, 5.74) is 2.73. The molecular formula is C21H16F2N4O2. The fourth-order valence-electron chi connectivity index (χ4n) is 2.95. The summed E-state index contributed by atoms with van der Waals surface area (Å²) in [4.78, 5) is 17.2. The summed E-state index contributed by atoms with van der Waals surface area (Å²) in [6.07, 6.45) is -2.81. The number of hydrogen-bond donors (Lipinski definition) is 0. The van der Waals surface area contributed by atoms with E-state index < -0.39 is 12.3 Å². The zero-order chi connectivity index (χ0) is 20.4. The van der Waals surface area contributed by atoms with Crippen LogP contribution >= 0.6 is 0 Å². The summed E-state index contributed by atoms with van der Waals surface area (Å²) in [7, 11) is 0. The monoisotopic (exact) mass is 394 g/mol. The molecule has 0 aliphatic heterocycles. The first-order valence-electron chi connectivity index (χ1n) is 8.86. The van der Waals surface area contributed by atoms with Crippen LogP contribution < -0.4 is 5.56 Å². The Balaban J connectivity index is 1.57. The van der Waals surface area contributed by atoms with E-state index in [2.05, 4.69) is 15.2 Å². The molecule has 2 aromatic carbocycles. The zero-order valence-corrected chi connectivity index (χ0v) is 15.4. The van der Waals surface area contributed by atoms with Crippen molar-refractivity contribution in [3.63, 3.8) is 0 Å². The SMILES string of the molecule is Cc1nc(-c2ccccc2)cc(=O)n1Cc1ccc(-c2nnc(C(F)F)o2)cc1. The van der Waals surface area contributed by atoms with Crippen molar-refractivity contribution in [1.29, 1.82) is 0 Å². The quantitative estimate of drug-likeness (QED) is 0.506. The van der Waals surface area contributed by atoms with Crippen LogP contribution in [0.4, 0.5) is 8.78 Å². The Labute approximate surface area is 164 Å². The highest BCUT2D eigenvalue weighted by Gasteiger charge is 2.17. The Morgan fingerprint density at radius 3 is 2.34 bits per heavy atom. The van der Waals surface area contributed by atoms with Crippen LogP contribution in [0.2, 0.25) is 0 Å². The van der Waals surface area contributed by atoms with Gasteiger partial charge in [-0.15, -0.1) is 10.2 Å². The van der Waals surface area contributed by atoms with Crippen LogP contribution in [0.25, 0.3) is 22.7 Å². The smallest absolute Gasteiger partial charge is 0.314 e. The van der Waals surface area contributed by atoms with Crippen molar-refractivity contribution in [2.45, 2.75) is 19.9 Å². The van der Waals surface area contributed by atoms with Crippen LogP contribution in [0.5, 0.6) is 0 Å². The Hall–Kier alpha value is -3.68. The highest BCUT2D eigenvalue weighted by Crippen LogP contribution is 2.23. The van der Waals surface area contributed by atoms with Gasteiger partial charge in [-0.3, -0.25) is 9.36 Å². The standard InChI is InChI=1S/C21H16F2N4O2/c1-13-24-17(15-5-3-2-4-6-15)11-18(28)27(13)12-14-7-9-16(10-8-14)20-25-26-21(29-20)19(22)23/h2-11,19H,12H2,1H3. The van der Waals surface area contributed by atoms with Gasteiger partial charge in [0.1, 0.15) is 5.82 Å². The van der Waals surface area contributed by atoms with E-state index in [9.17, 15) is 13.6 Å². The molecule has 0 radical (unpaired) electrons. The Morgan fingerprint density at radius 2 is 1.72 bits per heavy atom.